The van der Waals surface area contributed by atoms with Gasteiger partial charge in [0, 0.05) is 52.4 Å². The second-order valence-electron chi connectivity index (χ2n) is 30.0. The average molecular weight is 1300 g/mol. The second-order valence-corrected chi connectivity index (χ2v) is 30.0. The molecule has 0 radical (unpaired) electrons. The van der Waals surface area contributed by atoms with Gasteiger partial charge in [0.2, 0.25) is 0 Å². The predicted octanol–water partition coefficient (Wildman–Crippen LogP) is 21.9. The van der Waals surface area contributed by atoms with Gasteiger partial charge in [-0.05, 0) is 129 Å². The first-order valence-electron chi connectivity index (χ1n) is 40.4. The number of nitrogens with zero attached hydrogens (tertiary/aromatic N) is 4. The summed E-state index contributed by atoms with van der Waals surface area (Å²) in [6, 6.07) is 0. The van der Waals surface area contributed by atoms with Crippen molar-refractivity contribution in [3.05, 3.63) is 0 Å². The molecule has 0 aliphatic carbocycles. The fourth-order valence-corrected chi connectivity index (χ4v) is 15.5. The van der Waals surface area contributed by atoms with E-state index in [1.807, 2.05) is 0 Å². The Morgan fingerprint density at radius 1 is 0.239 bits per heavy atom. The molecular weight excluding hydrogens is 1140 g/mol. The molecule has 1 aliphatic rings. The van der Waals surface area contributed by atoms with Gasteiger partial charge >= 0.3 is 23.9 Å². The molecule has 1 fully saturated rings. The van der Waals surface area contributed by atoms with E-state index >= 15 is 0 Å². The minimum Gasteiger partial charge on any atom is -0.481 e. The van der Waals surface area contributed by atoms with E-state index in [9.17, 15) is 39.6 Å². The van der Waals surface area contributed by atoms with E-state index in [-0.39, 0.29) is 0 Å². The molecule has 12 nitrogen and oxygen atoms in total. The number of piperazine rings is 1. The third-order valence-corrected chi connectivity index (χ3v) is 22.3. The van der Waals surface area contributed by atoms with Crippen molar-refractivity contribution >= 4 is 23.9 Å². The quantitative estimate of drug-likeness (QED) is 0.0427. The fraction of sp³-hybridized carbons (Fsp3) is 0.950. The monoisotopic (exact) mass is 1300 g/mol. The van der Waals surface area contributed by atoms with E-state index in [2.05, 4.69) is 75.0 Å². The van der Waals surface area contributed by atoms with Gasteiger partial charge in [-0.25, -0.2) is 0 Å². The van der Waals surface area contributed by atoms with E-state index in [1.54, 1.807) is 0 Å². The van der Waals surface area contributed by atoms with Crippen LogP contribution in [0.5, 0.6) is 0 Å². The lowest BCUT2D eigenvalue weighted by atomic mass is 9.74. The number of carboxylic acid groups (broad SMARTS) is 4. The number of unbranched alkanes of at least 4 members (excludes halogenated alkanes) is 28. The Bertz CT molecular complexity index is 1530. The van der Waals surface area contributed by atoms with Gasteiger partial charge in [0.05, 0.1) is 21.7 Å². The maximum Gasteiger partial charge on any atom is 0.309 e. The smallest absolute Gasteiger partial charge is 0.309 e. The maximum atomic E-state index is 12.9. The van der Waals surface area contributed by atoms with Crippen molar-refractivity contribution in [1.29, 1.82) is 0 Å². The summed E-state index contributed by atoms with van der Waals surface area (Å²) in [5, 5.41) is 42.3. The lowest BCUT2D eigenvalue weighted by Gasteiger charge is -2.37. The molecule has 1 saturated heterocycles. The molecule has 0 aromatic rings. The zero-order valence-corrected chi connectivity index (χ0v) is 62.5. The number of carboxylic acids is 4. The van der Waals surface area contributed by atoms with Crippen molar-refractivity contribution in [2.75, 3.05) is 78.5 Å². The average Bonchev–Trinajstić information content (AvgIpc) is 1.32. The van der Waals surface area contributed by atoms with Crippen molar-refractivity contribution in [2.45, 2.75) is 389 Å². The Morgan fingerprint density at radius 3 is 0.576 bits per heavy atom. The highest BCUT2D eigenvalue weighted by molar-refractivity contribution is 5.76. The summed E-state index contributed by atoms with van der Waals surface area (Å²) in [7, 11) is 0. The van der Waals surface area contributed by atoms with E-state index in [0.717, 1.165) is 361 Å². The lowest BCUT2D eigenvalue weighted by Crippen LogP contribution is -2.50. The Balaban J connectivity index is 3.08. The summed E-state index contributed by atoms with van der Waals surface area (Å²) >= 11 is 0. The molecule has 0 saturated carbocycles. The van der Waals surface area contributed by atoms with Crippen molar-refractivity contribution in [3.8, 4) is 0 Å². The van der Waals surface area contributed by atoms with Crippen molar-refractivity contribution in [2.24, 2.45) is 21.7 Å². The molecule has 1 rings (SSSR count). The summed E-state index contributed by atoms with van der Waals surface area (Å²) in [6.45, 7) is 30.5. The van der Waals surface area contributed by atoms with Crippen LogP contribution in [0.2, 0.25) is 0 Å². The van der Waals surface area contributed by atoms with Crippen LogP contribution in [0.25, 0.3) is 0 Å². The molecule has 0 aromatic carbocycles. The maximum absolute atomic E-state index is 12.9. The normalized spacial score (nSPS) is 16.0. The number of hydrogen-bond acceptors (Lipinski definition) is 8. The topological polar surface area (TPSA) is 162 Å². The van der Waals surface area contributed by atoms with Gasteiger partial charge in [-0.2, -0.15) is 0 Å². The zero-order chi connectivity index (χ0) is 67.9. The van der Waals surface area contributed by atoms with E-state index < -0.39 is 45.5 Å². The van der Waals surface area contributed by atoms with E-state index in [0.29, 0.717) is 0 Å². The molecule has 92 heavy (non-hydrogen) atoms. The summed E-state index contributed by atoms with van der Waals surface area (Å²) in [6.07, 6.45) is 53.2. The van der Waals surface area contributed by atoms with Crippen molar-refractivity contribution < 1.29 is 39.6 Å². The first-order chi connectivity index (χ1) is 44.6. The Labute approximate surface area is 569 Å². The van der Waals surface area contributed by atoms with Crippen LogP contribution in [0.1, 0.15) is 389 Å². The lowest BCUT2D eigenvalue weighted by molar-refractivity contribution is -0.151. The van der Waals surface area contributed by atoms with Crippen molar-refractivity contribution in [3.63, 3.8) is 0 Å². The van der Waals surface area contributed by atoms with Crippen LogP contribution in [0.4, 0.5) is 0 Å². The van der Waals surface area contributed by atoms with Gasteiger partial charge in [-0.1, -0.05) is 287 Å². The molecule has 0 amide bonds. The summed E-state index contributed by atoms with van der Waals surface area (Å²) in [5.41, 5.74) is -2.28. The molecule has 12 heteroatoms. The molecule has 1 heterocycles. The third kappa shape index (κ3) is 39.2. The summed E-state index contributed by atoms with van der Waals surface area (Å²) < 4.78 is 0. The SMILES string of the molecule is CCCCCCC(CCCC)(CCCCCCN(CCCCCCC(CCCC)(CCCCCC)C(=O)O)CCN1CCN(CCN(CCCCCCC(CCCC)(CCCCCC)C(=O)O)CCCCCCC(CCCC)(CCCCCC)C(=O)O)CC1)C(=O)O. The van der Waals surface area contributed by atoms with Gasteiger partial charge in [-0.15, -0.1) is 0 Å². The van der Waals surface area contributed by atoms with Crippen LogP contribution < -0.4 is 0 Å². The van der Waals surface area contributed by atoms with Crippen LogP contribution in [0.3, 0.4) is 0 Å². The van der Waals surface area contributed by atoms with Gasteiger partial charge in [0.25, 0.3) is 0 Å². The molecule has 4 unspecified atom stereocenters. The number of hydrogen-bond donors (Lipinski definition) is 4. The molecule has 544 valence electrons. The molecule has 4 N–H and O–H groups in total. The first-order valence-corrected chi connectivity index (χ1v) is 40.4. The van der Waals surface area contributed by atoms with Crippen LogP contribution in [-0.2, 0) is 19.2 Å². The van der Waals surface area contributed by atoms with E-state index in [4.69, 9.17) is 0 Å². The molecule has 0 aromatic heterocycles. The standard InChI is InChI=1S/C80H156N4O8/c1-9-17-25-37-53-77(73(85)86,49-21-13-5)57-41-29-33-45-61-81(62-46-34-30-42-58-78(74(87)88,50-22-14-6)54-38-26-18-10-2)65-67-83-69-71-84(72-70-83)68-66-82(63-47-35-31-43-59-79(75(89)90,51-23-15-7)55-39-27-19-11-3)64-48-36-32-44-60-80(76(91)92,52-24-16-8)56-40-28-20-12-4/h9-72H2,1-8H3,(H,85,86)(H,87,88)(H,89,90)(H,91,92). The van der Waals surface area contributed by atoms with Gasteiger partial charge in [0.1, 0.15) is 0 Å². The van der Waals surface area contributed by atoms with E-state index in [1.165, 1.54) is 51.4 Å². The van der Waals surface area contributed by atoms with Gasteiger partial charge in [0.15, 0.2) is 0 Å². The van der Waals surface area contributed by atoms with Crippen LogP contribution in [-0.4, -0.2) is 142 Å². The minimum atomic E-state index is -0.574. The van der Waals surface area contributed by atoms with Crippen LogP contribution in [0, 0.1) is 21.7 Å². The highest BCUT2D eigenvalue weighted by Gasteiger charge is 2.40. The van der Waals surface area contributed by atoms with Crippen molar-refractivity contribution in [1.82, 2.24) is 19.6 Å². The number of aliphatic carboxylic acids is 4. The molecular formula is C80H156N4O8. The molecule has 4 atom stereocenters. The minimum absolute atomic E-state index is 0.571. The third-order valence-electron chi connectivity index (χ3n) is 22.3. The number of carbonyl (C=O) groups is 4. The van der Waals surface area contributed by atoms with Gasteiger partial charge in [-0.3, -0.25) is 29.0 Å². The first kappa shape index (κ1) is 87.7. The molecule has 0 bridgehead atoms. The Kier molecular flexibility index (Phi) is 54.1. The Morgan fingerprint density at radius 2 is 0.402 bits per heavy atom. The van der Waals surface area contributed by atoms with Crippen LogP contribution >= 0.6 is 0 Å². The molecule has 1 aliphatic heterocycles. The highest BCUT2D eigenvalue weighted by Crippen LogP contribution is 2.41. The second kappa shape index (κ2) is 56.7. The number of rotatable bonds is 70. The van der Waals surface area contributed by atoms with Crippen LogP contribution in [0.15, 0.2) is 0 Å². The molecule has 0 spiro atoms. The zero-order valence-electron chi connectivity index (χ0n) is 62.5. The summed E-state index contributed by atoms with van der Waals surface area (Å²) in [5.74, 6) is -2.29. The fourth-order valence-electron chi connectivity index (χ4n) is 15.5. The highest BCUT2D eigenvalue weighted by atomic mass is 16.4. The Hall–Kier alpha value is -2.28. The predicted molar refractivity (Wildman–Crippen MR) is 392 cm³/mol. The largest absolute Gasteiger partial charge is 0.481 e. The van der Waals surface area contributed by atoms with Gasteiger partial charge < -0.3 is 30.2 Å². The summed E-state index contributed by atoms with van der Waals surface area (Å²) in [4.78, 5) is 62.2.